The van der Waals surface area contributed by atoms with Crippen LogP contribution in [-0.4, -0.2) is 17.9 Å². The van der Waals surface area contributed by atoms with E-state index in [2.05, 4.69) is 15.6 Å². The van der Waals surface area contributed by atoms with Gasteiger partial charge in [-0.25, -0.2) is 0 Å². The number of pyridine rings is 1. The van der Waals surface area contributed by atoms with Gasteiger partial charge in [0.2, 0.25) is 5.91 Å². The Balaban J connectivity index is 1.82. The van der Waals surface area contributed by atoms with Gasteiger partial charge in [-0.2, -0.15) is 0 Å². The molecule has 104 valence electrons. The second-order valence-corrected chi connectivity index (χ2v) is 4.63. The number of anilines is 1. The monoisotopic (exact) mass is 269 g/mol. The Kier molecular flexibility index (Phi) is 5.26. The molecule has 0 atom stereocenters. The van der Waals surface area contributed by atoms with Gasteiger partial charge in [0.05, 0.1) is 0 Å². The van der Waals surface area contributed by atoms with Crippen LogP contribution < -0.4 is 10.6 Å². The van der Waals surface area contributed by atoms with Crippen LogP contribution in [0.4, 0.5) is 5.69 Å². The van der Waals surface area contributed by atoms with Gasteiger partial charge in [-0.05, 0) is 48.9 Å². The first-order chi connectivity index (χ1) is 9.78. The minimum atomic E-state index is 0.0307. The zero-order valence-corrected chi connectivity index (χ0v) is 11.6. The maximum atomic E-state index is 11.9. The number of carbonyl (C=O) groups excluding carboxylic acids is 1. The molecule has 0 spiro atoms. The van der Waals surface area contributed by atoms with Crippen molar-refractivity contribution in [1.29, 1.82) is 0 Å². The molecule has 0 saturated heterocycles. The topological polar surface area (TPSA) is 54.0 Å². The van der Waals surface area contributed by atoms with Gasteiger partial charge in [0.1, 0.15) is 0 Å². The average Bonchev–Trinajstić information content (AvgIpc) is 2.49. The second kappa shape index (κ2) is 7.40. The van der Waals surface area contributed by atoms with Gasteiger partial charge in [-0.1, -0.05) is 12.1 Å². The summed E-state index contributed by atoms with van der Waals surface area (Å²) in [7, 11) is 1.91. The summed E-state index contributed by atoms with van der Waals surface area (Å²) in [6.07, 6.45) is 4.69. The van der Waals surface area contributed by atoms with E-state index < -0.39 is 0 Å². The van der Waals surface area contributed by atoms with Crippen LogP contribution in [0.3, 0.4) is 0 Å². The molecule has 4 nitrogen and oxygen atoms in total. The highest BCUT2D eigenvalue weighted by Crippen LogP contribution is 2.10. The molecule has 1 aromatic heterocycles. The molecule has 4 heteroatoms. The molecule has 0 unspecified atom stereocenters. The van der Waals surface area contributed by atoms with Gasteiger partial charge in [0.25, 0.3) is 0 Å². The van der Waals surface area contributed by atoms with Crippen molar-refractivity contribution >= 4 is 11.6 Å². The van der Waals surface area contributed by atoms with Crippen LogP contribution in [0.15, 0.2) is 48.8 Å². The number of hydrogen-bond donors (Lipinski definition) is 2. The van der Waals surface area contributed by atoms with Gasteiger partial charge in [-0.3, -0.25) is 9.78 Å². The van der Waals surface area contributed by atoms with Gasteiger partial charge >= 0.3 is 0 Å². The molecule has 0 bridgehead atoms. The Morgan fingerprint density at radius 2 is 1.75 bits per heavy atom. The molecule has 0 aliphatic rings. The normalized spacial score (nSPS) is 10.2. The first kappa shape index (κ1) is 14.2. The number of benzene rings is 1. The smallest absolute Gasteiger partial charge is 0.224 e. The highest BCUT2D eigenvalue weighted by molar-refractivity contribution is 5.90. The van der Waals surface area contributed by atoms with Crippen LogP contribution in [0.2, 0.25) is 0 Å². The molecule has 2 rings (SSSR count). The first-order valence-corrected chi connectivity index (χ1v) is 6.70. The quantitative estimate of drug-likeness (QED) is 0.846. The summed E-state index contributed by atoms with van der Waals surface area (Å²) < 4.78 is 0. The predicted molar refractivity (Wildman–Crippen MR) is 80.4 cm³/mol. The third-order valence-electron chi connectivity index (χ3n) is 3.01. The van der Waals surface area contributed by atoms with Crippen molar-refractivity contribution in [2.45, 2.75) is 19.4 Å². The molecule has 1 aromatic carbocycles. The van der Waals surface area contributed by atoms with E-state index in [1.54, 1.807) is 12.4 Å². The van der Waals surface area contributed by atoms with Crippen molar-refractivity contribution in [2.24, 2.45) is 0 Å². The first-order valence-electron chi connectivity index (χ1n) is 6.70. The number of nitrogens with one attached hydrogen (secondary N) is 2. The van der Waals surface area contributed by atoms with E-state index in [9.17, 15) is 4.79 Å². The van der Waals surface area contributed by atoms with Crippen molar-refractivity contribution in [2.75, 3.05) is 12.4 Å². The molecule has 1 heterocycles. The number of aryl methyl sites for hydroxylation is 1. The summed E-state index contributed by atoms with van der Waals surface area (Å²) in [4.78, 5) is 15.8. The highest BCUT2D eigenvalue weighted by atomic mass is 16.1. The summed E-state index contributed by atoms with van der Waals surface area (Å²) in [5.41, 5.74) is 3.16. The van der Waals surface area contributed by atoms with E-state index in [4.69, 9.17) is 0 Å². The largest absolute Gasteiger partial charge is 0.326 e. The van der Waals surface area contributed by atoms with E-state index in [1.807, 2.05) is 43.4 Å². The minimum absolute atomic E-state index is 0.0307. The number of amides is 1. The van der Waals surface area contributed by atoms with E-state index in [-0.39, 0.29) is 5.91 Å². The van der Waals surface area contributed by atoms with E-state index in [1.165, 1.54) is 5.56 Å². The van der Waals surface area contributed by atoms with Crippen molar-refractivity contribution in [3.63, 3.8) is 0 Å². The molecule has 0 fully saturated rings. The minimum Gasteiger partial charge on any atom is -0.326 e. The van der Waals surface area contributed by atoms with Gasteiger partial charge in [0.15, 0.2) is 0 Å². The molecule has 2 N–H and O–H groups in total. The molecule has 2 aromatic rings. The molecular weight excluding hydrogens is 250 g/mol. The van der Waals surface area contributed by atoms with Gasteiger partial charge < -0.3 is 10.6 Å². The molecule has 0 aliphatic carbocycles. The summed E-state index contributed by atoms with van der Waals surface area (Å²) in [5, 5.41) is 6.00. The van der Waals surface area contributed by atoms with Crippen molar-refractivity contribution < 1.29 is 4.79 Å². The van der Waals surface area contributed by atoms with Crippen LogP contribution in [0.1, 0.15) is 17.5 Å². The zero-order valence-electron chi connectivity index (χ0n) is 11.6. The number of hydrogen-bond acceptors (Lipinski definition) is 3. The lowest BCUT2D eigenvalue weighted by molar-refractivity contribution is -0.116. The van der Waals surface area contributed by atoms with Crippen LogP contribution in [0.5, 0.6) is 0 Å². The molecule has 1 amide bonds. The fraction of sp³-hybridized carbons (Fsp3) is 0.250. The molecular formula is C16H19N3O. The SMILES string of the molecule is CNCc1ccc(NC(=O)CCc2ccncc2)cc1. The maximum absolute atomic E-state index is 11.9. The molecule has 0 saturated carbocycles. The third-order valence-corrected chi connectivity index (χ3v) is 3.01. The maximum Gasteiger partial charge on any atom is 0.224 e. The summed E-state index contributed by atoms with van der Waals surface area (Å²) in [6, 6.07) is 11.7. The van der Waals surface area contributed by atoms with Crippen LogP contribution in [0, 0.1) is 0 Å². The molecule has 0 radical (unpaired) electrons. The van der Waals surface area contributed by atoms with Gasteiger partial charge in [-0.15, -0.1) is 0 Å². The van der Waals surface area contributed by atoms with E-state index in [0.29, 0.717) is 6.42 Å². The molecule has 0 aliphatic heterocycles. The Morgan fingerprint density at radius 3 is 2.40 bits per heavy atom. The van der Waals surface area contributed by atoms with Crippen molar-refractivity contribution in [3.05, 3.63) is 59.9 Å². The third kappa shape index (κ3) is 4.48. The van der Waals surface area contributed by atoms with Crippen molar-refractivity contribution in [3.8, 4) is 0 Å². The zero-order chi connectivity index (χ0) is 14.2. The Morgan fingerprint density at radius 1 is 1.05 bits per heavy atom. The van der Waals surface area contributed by atoms with E-state index >= 15 is 0 Å². The van der Waals surface area contributed by atoms with E-state index in [0.717, 1.165) is 24.2 Å². The average molecular weight is 269 g/mol. The number of rotatable bonds is 6. The second-order valence-electron chi connectivity index (χ2n) is 4.63. The van der Waals surface area contributed by atoms with Gasteiger partial charge in [0, 0.05) is 31.0 Å². The van der Waals surface area contributed by atoms with Crippen LogP contribution >= 0.6 is 0 Å². The number of carbonyl (C=O) groups is 1. The van der Waals surface area contributed by atoms with Crippen molar-refractivity contribution in [1.82, 2.24) is 10.3 Å². The van der Waals surface area contributed by atoms with Crippen LogP contribution in [-0.2, 0) is 17.8 Å². The predicted octanol–water partition coefficient (Wildman–Crippen LogP) is 2.37. The fourth-order valence-electron chi connectivity index (χ4n) is 1.94. The summed E-state index contributed by atoms with van der Waals surface area (Å²) >= 11 is 0. The lowest BCUT2D eigenvalue weighted by Gasteiger charge is -2.06. The highest BCUT2D eigenvalue weighted by Gasteiger charge is 2.03. The lowest BCUT2D eigenvalue weighted by Crippen LogP contribution is -2.12. The number of aromatic nitrogens is 1. The molecule has 20 heavy (non-hydrogen) atoms. The lowest BCUT2D eigenvalue weighted by atomic mass is 10.1. The summed E-state index contributed by atoms with van der Waals surface area (Å²) in [5.74, 6) is 0.0307. The number of nitrogens with zero attached hydrogens (tertiary/aromatic N) is 1. The Labute approximate surface area is 119 Å². The van der Waals surface area contributed by atoms with Crippen LogP contribution in [0.25, 0.3) is 0 Å². The Hall–Kier alpha value is -2.20. The summed E-state index contributed by atoms with van der Waals surface area (Å²) in [6.45, 7) is 0.830. The fourth-order valence-corrected chi connectivity index (χ4v) is 1.94. The Bertz CT molecular complexity index is 537. The standard InChI is InChI=1S/C16H19N3O/c1-17-12-14-2-5-15(6-3-14)19-16(20)7-4-13-8-10-18-11-9-13/h2-3,5-6,8-11,17H,4,7,12H2,1H3,(H,19,20).